The zero-order valence-electron chi connectivity index (χ0n) is 6.32. The second-order valence-electron chi connectivity index (χ2n) is 1.94. The van der Waals surface area contributed by atoms with E-state index in [1.165, 1.54) is 0 Å². The van der Waals surface area contributed by atoms with Crippen molar-refractivity contribution in [1.82, 2.24) is 0 Å². The number of carbonyl (C=O) groups is 1. The van der Waals surface area contributed by atoms with Crippen molar-refractivity contribution >= 4 is 5.97 Å². The van der Waals surface area contributed by atoms with Crippen molar-refractivity contribution in [3.05, 3.63) is 25.3 Å². The lowest BCUT2D eigenvalue weighted by atomic mass is 10.3. The van der Waals surface area contributed by atoms with E-state index in [4.69, 9.17) is 5.11 Å². The van der Waals surface area contributed by atoms with Gasteiger partial charge in [0.15, 0.2) is 0 Å². The van der Waals surface area contributed by atoms with E-state index in [0.717, 1.165) is 6.08 Å². The first kappa shape index (κ1) is 9.91. The lowest BCUT2D eigenvalue weighted by Crippen LogP contribution is -2.14. The Morgan fingerprint density at radius 2 is 2.27 bits per heavy atom. The van der Waals surface area contributed by atoms with Crippen LogP contribution >= 0.6 is 0 Å². The fourth-order valence-electron chi connectivity index (χ4n) is 0.462. The number of ether oxygens (including phenoxy) is 1. The highest BCUT2D eigenvalue weighted by Gasteiger charge is 2.04. The van der Waals surface area contributed by atoms with Crippen LogP contribution in [0.1, 0.15) is 12.8 Å². The first-order chi connectivity index (χ1) is 5.20. The third kappa shape index (κ3) is 5.36. The molecule has 3 heteroatoms. The number of rotatable bonds is 5. The summed E-state index contributed by atoms with van der Waals surface area (Å²) in [6, 6.07) is 0. The van der Waals surface area contributed by atoms with E-state index >= 15 is 0 Å². The van der Waals surface area contributed by atoms with Crippen molar-refractivity contribution in [3.63, 3.8) is 0 Å². The summed E-state index contributed by atoms with van der Waals surface area (Å²) in [5.41, 5.74) is 0. The standard InChI is InChI=1S/C8H12O3/c1-3-5-6-8(10)11-7(9)4-2/h3-4,7,9H,1-2,5-6H2. The Kier molecular flexibility index (Phi) is 5.11. The van der Waals surface area contributed by atoms with Crippen molar-refractivity contribution in [1.29, 1.82) is 0 Å². The van der Waals surface area contributed by atoms with Crippen LogP contribution in [0.4, 0.5) is 0 Å². The van der Waals surface area contributed by atoms with Crippen LogP contribution in [0.5, 0.6) is 0 Å². The van der Waals surface area contributed by atoms with Gasteiger partial charge in [0.25, 0.3) is 0 Å². The number of hydrogen-bond acceptors (Lipinski definition) is 3. The topological polar surface area (TPSA) is 46.5 Å². The molecule has 1 atom stereocenters. The highest BCUT2D eigenvalue weighted by Crippen LogP contribution is 1.96. The largest absolute Gasteiger partial charge is 0.432 e. The van der Waals surface area contributed by atoms with Gasteiger partial charge in [0.05, 0.1) is 0 Å². The van der Waals surface area contributed by atoms with Crippen molar-refractivity contribution in [2.45, 2.75) is 19.1 Å². The van der Waals surface area contributed by atoms with Crippen LogP contribution in [0.3, 0.4) is 0 Å². The number of esters is 1. The predicted octanol–water partition coefficient (Wildman–Crippen LogP) is 1.00. The first-order valence-corrected chi connectivity index (χ1v) is 3.31. The summed E-state index contributed by atoms with van der Waals surface area (Å²) in [5, 5.41) is 8.74. The van der Waals surface area contributed by atoms with E-state index in [-0.39, 0.29) is 6.42 Å². The number of hydrogen-bond donors (Lipinski definition) is 1. The van der Waals surface area contributed by atoms with Gasteiger partial charge in [-0.15, -0.1) is 6.58 Å². The smallest absolute Gasteiger partial charge is 0.308 e. The molecule has 0 spiro atoms. The molecular formula is C8H12O3. The Labute approximate surface area is 66.0 Å². The number of carbonyl (C=O) groups excluding carboxylic acids is 1. The number of allylic oxidation sites excluding steroid dienone is 1. The molecule has 11 heavy (non-hydrogen) atoms. The summed E-state index contributed by atoms with van der Waals surface area (Å²) >= 11 is 0. The molecule has 1 N–H and O–H groups in total. The first-order valence-electron chi connectivity index (χ1n) is 3.31. The molecule has 0 amide bonds. The third-order valence-electron chi connectivity index (χ3n) is 1.01. The van der Waals surface area contributed by atoms with Gasteiger partial charge < -0.3 is 9.84 Å². The summed E-state index contributed by atoms with van der Waals surface area (Å²) < 4.78 is 4.45. The quantitative estimate of drug-likeness (QED) is 0.367. The molecule has 0 aromatic rings. The van der Waals surface area contributed by atoms with Gasteiger partial charge in [-0.1, -0.05) is 12.7 Å². The van der Waals surface area contributed by atoms with Crippen molar-refractivity contribution in [3.8, 4) is 0 Å². The lowest BCUT2D eigenvalue weighted by Gasteiger charge is -2.05. The molecular weight excluding hydrogens is 144 g/mol. The fourth-order valence-corrected chi connectivity index (χ4v) is 0.462. The minimum absolute atomic E-state index is 0.244. The Bertz CT molecular complexity index is 151. The number of aliphatic hydroxyl groups is 1. The van der Waals surface area contributed by atoms with Crippen molar-refractivity contribution < 1.29 is 14.6 Å². The molecule has 0 bridgehead atoms. The second-order valence-corrected chi connectivity index (χ2v) is 1.94. The van der Waals surface area contributed by atoms with Gasteiger partial charge in [0.1, 0.15) is 0 Å². The maximum atomic E-state index is 10.7. The highest BCUT2D eigenvalue weighted by atomic mass is 16.6. The van der Waals surface area contributed by atoms with E-state index < -0.39 is 12.3 Å². The monoisotopic (exact) mass is 156 g/mol. The molecule has 0 rings (SSSR count). The Balaban J connectivity index is 3.51. The summed E-state index contributed by atoms with van der Waals surface area (Å²) in [7, 11) is 0. The number of aliphatic hydroxyl groups excluding tert-OH is 1. The lowest BCUT2D eigenvalue weighted by molar-refractivity contribution is -0.160. The van der Waals surface area contributed by atoms with E-state index in [1.54, 1.807) is 6.08 Å². The Morgan fingerprint density at radius 1 is 1.64 bits per heavy atom. The molecule has 0 aliphatic carbocycles. The third-order valence-corrected chi connectivity index (χ3v) is 1.01. The van der Waals surface area contributed by atoms with Gasteiger partial charge in [-0.2, -0.15) is 0 Å². The van der Waals surface area contributed by atoms with Gasteiger partial charge in [-0.05, 0) is 12.5 Å². The van der Waals surface area contributed by atoms with Gasteiger partial charge in [-0.25, -0.2) is 0 Å². The van der Waals surface area contributed by atoms with Crippen LogP contribution in [0.25, 0.3) is 0 Å². The van der Waals surface area contributed by atoms with Crippen LogP contribution in [0.2, 0.25) is 0 Å². The summed E-state index contributed by atoms with van der Waals surface area (Å²) in [5.74, 6) is -0.447. The zero-order chi connectivity index (χ0) is 8.69. The minimum Gasteiger partial charge on any atom is -0.432 e. The molecule has 0 fully saturated rings. The van der Waals surface area contributed by atoms with Crippen LogP contribution in [-0.2, 0) is 9.53 Å². The zero-order valence-corrected chi connectivity index (χ0v) is 6.32. The van der Waals surface area contributed by atoms with E-state index in [2.05, 4.69) is 17.9 Å². The molecule has 0 radical (unpaired) electrons. The molecule has 0 saturated carbocycles. The van der Waals surface area contributed by atoms with Gasteiger partial charge >= 0.3 is 5.97 Å². The normalized spacial score (nSPS) is 11.7. The molecule has 0 heterocycles. The SMILES string of the molecule is C=CCCC(=O)OC(O)C=C. The minimum atomic E-state index is -1.19. The molecule has 0 aromatic heterocycles. The molecule has 0 aromatic carbocycles. The van der Waals surface area contributed by atoms with Gasteiger partial charge in [-0.3, -0.25) is 4.79 Å². The van der Waals surface area contributed by atoms with Gasteiger partial charge in [0, 0.05) is 6.42 Å². The van der Waals surface area contributed by atoms with Gasteiger partial charge in [0.2, 0.25) is 6.29 Å². The predicted molar refractivity (Wildman–Crippen MR) is 41.7 cm³/mol. The maximum Gasteiger partial charge on any atom is 0.308 e. The van der Waals surface area contributed by atoms with Crippen molar-refractivity contribution in [2.75, 3.05) is 0 Å². The molecule has 0 aliphatic rings. The van der Waals surface area contributed by atoms with E-state index in [1.807, 2.05) is 0 Å². The average Bonchev–Trinajstić information content (AvgIpc) is 2.00. The summed E-state index contributed by atoms with van der Waals surface area (Å²) in [6.45, 7) is 6.69. The molecule has 62 valence electrons. The summed E-state index contributed by atoms with van der Waals surface area (Å²) in [4.78, 5) is 10.7. The average molecular weight is 156 g/mol. The molecule has 0 aliphatic heterocycles. The van der Waals surface area contributed by atoms with Crippen LogP contribution in [0.15, 0.2) is 25.3 Å². The highest BCUT2D eigenvalue weighted by molar-refractivity contribution is 5.69. The summed E-state index contributed by atoms with van der Waals surface area (Å²) in [6.07, 6.45) is 2.37. The second kappa shape index (κ2) is 5.68. The maximum absolute atomic E-state index is 10.7. The van der Waals surface area contributed by atoms with Crippen LogP contribution in [0, 0.1) is 0 Å². The van der Waals surface area contributed by atoms with Crippen LogP contribution < -0.4 is 0 Å². The molecule has 0 saturated heterocycles. The van der Waals surface area contributed by atoms with Crippen molar-refractivity contribution in [2.24, 2.45) is 0 Å². The fraction of sp³-hybridized carbons (Fsp3) is 0.375. The van der Waals surface area contributed by atoms with E-state index in [9.17, 15) is 4.79 Å². The van der Waals surface area contributed by atoms with Crippen LogP contribution in [-0.4, -0.2) is 17.4 Å². The van der Waals surface area contributed by atoms with E-state index in [0.29, 0.717) is 6.42 Å². The Hall–Kier alpha value is -1.09. The molecule has 3 nitrogen and oxygen atoms in total. The molecule has 1 unspecified atom stereocenters. The Morgan fingerprint density at radius 3 is 2.73 bits per heavy atom.